The van der Waals surface area contributed by atoms with Crippen molar-refractivity contribution in [2.24, 2.45) is 16.6 Å². The number of guanidine groups is 1. The minimum Gasteiger partial charge on any atom is -0.370 e. The molecule has 0 aliphatic carbocycles. The topological polar surface area (TPSA) is 81.1 Å². The molecule has 0 spiro atoms. The van der Waals surface area contributed by atoms with Gasteiger partial charge in [-0.25, -0.2) is 0 Å². The largest absolute Gasteiger partial charge is 0.370 e. The van der Waals surface area contributed by atoms with Crippen LogP contribution in [0, 0.1) is 12.8 Å². The third-order valence-corrected chi connectivity index (χ3v) is 5.10. The van der Waals surface area contributed by atoms with E-state index in [2.05, 4.69) is 25.1 Å². The van der Waals surface area contributed by atoms with Crippen molar-refractivity contribution in [2.45, 2.75) is 39.3 Å². The molecule has 2 aromatic rings. The van der Waals surface area contributed by atoms with Gasteiger partial charge in [-0.3, -0.25) is 4.99 Å². The second kappa shape index (κ2) is 7.62. The lowest BCUT2D eigenvalue weighted by Crippen LogP contribution is -2.35. The predicted octanol–water partition coefficient (Wildman–Crippen LogP) is 3.12. The van der Waals surface area contributed by atoms with Gasteiger partial charge in [-0.2, -0.15) is 0 Å². The number of hydrogen-bond donors (Lipinski definition) is 2. The maximum absolute atomic E-state index is 6.24. The average Bonchev–Trinajstić information content (AvgIpc) is 2.93. The molecule has 0 bridgehead atoms. The molecule has 1 aromatic carbocycles. The summed E-state index contributed by atoms with van der Waals surface area (Å²) in [6.07, 6.45) is 1.98. The van der Waals surface area contributed by atoms with Gasteiger partial charge >= 0.3 is 0 Å². The molecular weight excluding hydrogens is 359 g/mol. The van der Waals surface area contributed by atoms with Gasteiger partial charge in [0, 0.05) is 29.6 Å². The van der Waals surface area contributed by atoms with E-state index in [-0.39, 0.29) is 6.04 Å². The molecule has 0 amide bonds. The van der Waals surface area contributed by atoms with Crippen molar-refractivity contribution in [1.82, 2.24) is 20.1 Å². The van der Waals surface area contributed by atoms with Gasteiger partial charge in [-0.15, -0.1) is 10.2 Å². The van der Waals surface area contributed by atoms with Crippen LogP contribution in [0.15, 0.2) is 23.2 Å². The summed E-state index contributed by atoms with van der Waals surface area (Å²) in [4.78, 5) is 4.51. The van der Waals surface area contributed by atoms with Crippen LogP contribution >= 0.6 is 23.2 Å². The molecule has 2 heterocycles. The Hall–Kier alpha value is -1.79. The van der Waals surface area contributed by atoms with Crippen molar-refractivity contribution in [3.05, 3.63) is 45.5 Å². The van der Waals surface area contributed by atoms with Gasteiger partial charge in [0.1, 0.15) is 11.6 Å². The molecule has 3 rings (SSSR count). The molecule has 2 unspecified atom stereocenters. The van der Waals surface area contributed by atoms with E-state index in [0.717, 1.165) is 36.6 Å². The first-order valence-corrected chi connectivity index (χ1v) is 9.09. The zero-order valence-electron chi connectivity index (χ0n) is 14.3. The van der Waals surface area contributed by atoms with E-state index >= 15 is 0 Å². The zero-order valence-corrected chi connectivity index (χ0v) is 15.8. The number of aliphatic imine (C=N–C) groups is 1. The first-order chi connectivity index (χ1) is 11.9. The van der Waals surface area contributed by atoms with Crippen LogP contribution in [0.25, 0.3) is 0 Å². The Balaban J connectivity index is 1.58. The number of nitrogens with zero attached hydrogens (tertiary/aromatic N) is 4. The van der Waals surface area contributed by atoms with Crippen molar-refractivity contribution in [3.63, 3.8) is 0 Å². The van der Waals surface area contributed by atoms with E-state index in [1.165, 1.54) is 0 Å². The number of aryl methyl sites for hydroxylation is 2. The number of fused-ring (bicyclic) bond motifs is 1. The zero-order chi connectivity index (χ0) is 18.0. The van der Waals surface area contributed by atoms with Crippen LogP contribution in [0.5, 0.6) is 0 Å². The number of rotatable bonds is 4. The number of nitrogens with two attached hydrogens (primary N) is 1. The van der Waals surface area contributed by atoms with E-state index in [0.29, 0.717) is 28.5 Å². The number of aromatic nitrogens is 3. The molecule has 2 atom stereocenters. The Morgan fingerprint density at radius 2 is 2.24 bits per heavy atom. The lowest BCUT2D eigenvalue weighted by Gasteiger charge is -2.23. The summed E-state index contributed by atoms with van der Waals surface area (Å²) in [5, 5.41) is 12.7. The van der Waals surface area contributed by atoms with Crippen LogP contribution in [-0.4, -0.2) is 27.3 Å². The highest BCUT2D eigenvalue weighted by molar-refractivity contribution is 6.35. The normalized spacial score (nSPS) is 18.7. The van der Waals surface area contributed by atoms with E-state index in [1.54, 1.807) is 6.07 Å². The van der Waals surface area contributed by atoms with E-state index in [1.807, 2.05) is 26.0 Å². The van der Waals surface area contributed by atoms with Crippen LogP contribution < -0.4 is 11.1 Å². The van der Waals surface area contributed by atoms with Crippen molar-refractivity contribution in [3.8, 4) is 0 Å². The average molecular weight is 381 g/mol. The molecular formula is C17H22Cl2N6. The summed E-state index contributed by atoms with van der Waals surface area (Å²) in [7, 11) is 0. The van der Waals surface area contributed by atoms with Gasteiger partial charge in [0.15, 0.2) is 5.96 Å². The molecule has 0 fully saturated rings. The third-order valence-electron chi connectivity index (χ3n) is 4.54. The van der Waals surface area contributed by atoms with Gasteiger partial charge in [-0.1, -0.05) is 29.3 Å². The fourth-order valence-corrected chi connectivity index (χ4v) is 3.68. The lowest BCUT2D eigenvalue weighted by molar-refractivity contribution is 0.369. The molecule has 25 heavy (non-hydrogen) atoms. The SMILES string of the molecule is Cc1nnc2n1CC(CN=C(N)NC(C)c1ccc(Cl)cc1Cl)CC2. The van der Waals surface area contributed by atoms with Crippen molar-refractivity contribution in [1.29, 1.82) is 0 Å². The molecule has 0 radical (unpaired) electrons. The number of halogens is 2. The summed E-state index contributed by atoms with van der Waals surface area (Å²) >= 11 is 12.2. The Morgan fingerprint density at radius 1 is 1.44 bits per heavy atom. The first kappa shape index (κ1) is 18.0. The van der Waals surface area contributed by atoms with Crippen LogP contribution in [0.1, 0.15) is 36.6 Å². The summed E-state index contributed by atoms with van der Waals surface area (Å²) in [6, 6.07) is 5.39. The maximum atomic E-state index is 6.24. The quantitative estimate of drug-likeness (QED) is 0.630. The van der Waals surface area contributed by atoms with Crippen LogP contribution in [0.4, 0.5) is 0 Å². The van der Waals surface area contributed by atoms with Crippen LogP contribution in [0.3, 0.4) is 0 Å². The van der Waals surface area contributed by atoms with Gasteiger partial charge in [0.2, 0.25) is 0 Å². The molecule has 0 saturated heterocycles. The highest BCUT2D eigenvalue weighted by Crippen LogP contribution is 2.26. The standard InChI is InChI=1S/C17H22Cl2N6/c1-10(14-5-4-13(18)7-15(14)19)22-17(20)21-8-12-3-6-16-24-23-11(2)25(16)9-12/h4-5,7,10,12H,3,6,8-9H2,1-2H3,(H3,20,21,22). The highest BCUT2D eigenvalue weighted by Gasteiger charge is 2.21. The molecule has 1 aromatic heterocycles. The van der Waals surface area contributed by atoms with Crippen molar-refractivity contribution < 1.29 is 0 Å². The van der Waals surface area contributed by atoms with E-state index < -0.39 is 0 Å². The Kier molecular flexibility index (Phi) is 5.49. The van der Waals surface area contributed by atoms with Crippen LogP contribution in [-0.2, 0) is 13.0 Å². The molecule has 134 valence electrons. The summed E-state index contributed by atoms with van der Waals surface area (Å²) in [5.41, 5.74) is 6.99. The van der Waals surface area contributed by atoms with Gasteiger partial charge in [0.05, 0.1) is 6.04 Å². The van der Waals surface area contributed by atoms with Gasteiger partial charge < -0.3 is 15.6 Å². The molecule has 0 saturated carbocycles. The van der Waals surface area contributed by atoms with E-state index in [4.69, 9.17) is 28.9 Å². The summed E-state index contributed by atoms with van der Waals surface area (Å²) < 4.78 is 2.17. The van der Waals surface area contributed by atoms with Gasteiger partial charge in [-0.05, 0) is 43.9 Å². The minimum absolute atomic E-state index is 0.0495. The second-order valence-electron chi connectivity index (χ2n) is 6.44. The molecule has 1 aliphatic rings. The Bertz CT molecular complexity index is 785. The molecule has 3 N–H and O–H groups in total. The van der Waals surface area contributed by atoms with Crippen LogP contribution in [0.2, 0.25) is 10.0 Å². The molecule has 6 nitrogen and oxygen atoms in total. The Labute approximate surface area is 157 Å². The van der Waals surface area contributed by atoms with Crippen molar-refractivity contribution >= 4 is 29.2 Å². The summed E-state index contributed by atoms with van der Waals surface area (Å²) in [5.74, 6) is 2.89. The highest BCUT2D eigenvalue weighted by atomic mass is 35.5. The first-order valence-electron chi connectivity index (χ1n) is 8.34. The fraction of sp³-hybridized carbons (Fsp3) is 0.471. The molecule has 8 heteroatoms. The predicted molar refractivity (Wildman–Crippen MR) is 101 cm³/mol. The summed E-state index contributed by atoms with van der Waals surface area (Å²) in [6.45, 7) is 5.54. The second-order valence-corrected chi connectivity index (χ2v) is 7.28. The molecule has 1 aliphatic heterocycles. The third kappa shape index (κ3) is 4.25. The number of hydrogen-bond acceptors (Lipinski definition) is 3. The Morgan fingerprint density at radius 3 is 3.00 bits per heavy atom. The smallest absolute Gasteiger partial charge is 0.189 e. The number of benzene rings is 1. The van der Waals surface area contributed by atoms with Crippen molar-refractivity contribution in [2.75, 3.05) is 6.54 Å². The minimum atomic E-state index is -0.0495. The van der Waals surface area contributed by atoms with E-state index in [9.17, 15) is 0 Å². The fourth-order valence-electron chi connectivity index (χ4n) is 3.10. The maximum Gasteiger partial charge on any atom is 0.189 e. The monoisotopic (exact) mass is 380 g/mol. The lowest BCUT2D eigenvalue weighted by atomic mass is 9.99. The number of nitrogens with one attached hydrogen (secondary N) is 1. The van der Waals surface area contributed by atoms with Gasteiger partial charge in [0.25, 0.3) is 0 Å².